The van der Waals surface area contributed by atoms with Crippen molar-refractivity contribution in [3.63, 3.8) is 0 Å². The summed E-state index contributed by atoms with van der Waals surface area (Å²) in [5.41, 5.74) is 0.449. The van der Waals surface area contributed by atoms with Gasteiger partial charge in [0.1, 0.15) is 0 Å². The molecule has 2 saturated carbocycles. The van der Waals surface area contributed by atoms with Gasteiger partial charge in [-0.05, 0) is 58.0 Å². The van der Waals surface area contributed by atoms with Crippen molar-refractivity contribution in [1.29, 1.82) is 0 Å². The molecule has 0 radical (unpaired) electrons. The highest BCUT2D eigenvalue weighted by atomic mass is 15.2. The Labute approximate surface area is 126 Å². The minimum atomic E-state index is 0.449. The molecule has 2 atom stereocenters. The smallest absolute Gasteiger partial charge is 0.0327 e. The fourth-order valence-electron chi connectivity index (χ4n) is 4.51. The first-order chi connectivity index (χ1) is 9.52. The van der Waals surface area contributed by atoms with E-state index in [1.54, 1.807) is 0 Å². The summed E-state index contributed by atoms with van der Waals surface area (Å²) >= 11 is 0. The zero-order valence-electron chi connectivity index (χ0n) is 14.3. The molecule has 2 aliphatic carbocycles. The molecule has 0 amide bonds. The monoisotopic (exact) mass is 280 g/mol. The summed E-state index contributed by atoms with van der Waals surface area (Å²) in [6.07, 6.45) is 12.8. The summed E-state index contributed by atoms with van der Waals surface area (Å²) in [5.74, 6) is 1.84. The van der Waals surface area contributed by atoms with Crippen molar-refractivity contribution in [2.24, 2.45) is 11.8 Å². The van der Waals surface area contributed by atoms with Crippen molar-refractivity contribution < 1.29 is 0 Å². The molecule has 118 valence electrons. The summed E-state index contributed by atoms with van der Waals surface area (Å²) in [6, 6.07) is 0.782. The number of rotatable bonds is 6. The molecular formula is C18H36N2. The second-order valence-corrected chi connectivity index (χ2v) is 8.07. The maximum atomic E-state index is 3.95. The number of nitrogens with one attached hydrogen (secondary N) is 1. The van der Waals surface area contributed by atoms with Crippen LogP contribution in [0.15, 0.2) is 0 Å². The van der Waals surface area contributed by atoms with Crippen LogP contribution in [0.2, 0.25) is 0 Å². The third-order valence-corrected chi connectivity index (χ3v) is 5.79. The predicted octanol–water partition coefficient (Wildman–Crippen LogP) is 4.06. The maximum Gasteiger partial charge on any atom is 0.0327 e. The highest BCUT2D eigenvalue weighted by Gasteiger charge is 2.36. The van der Waals surface area contributed by atoms with Crippen molar-refractivity contribution in [1.82, 2.24) is 10.2 Å². The zero-order valence-corrected chi connectivity index (χ0v) is 14.3. The van der Waals surface area contributed by atoms with Gasteiger partial charge < -0.3 is 10.2 Å². The maximum absolute atomic E-state index is 3.95. The summed E-state index contributed by atoms with van der Waals surface area (Å²) in [5, 5.41) is 3.95. The van der Waals surface area contributed by atoms with Gasteiger partial charge in [0.2, 0.25) is 0 Å². The standard InChI is InChI=1S/C18H36N2/c1-15(2)12-16-8-7-9-17(13-16)19-14-18(20(3)4)10-5-6-11-18/h15-17,19H,5-14H2,1-4H3. The van der Waals surface area contributed by atoms with Crippen molar-refractivity contribution in [3.8, 4) is 0 Å². The van der Waals surface area contributed by atoms with Crippen molar-refractivity contribution in [3.05, 3.63) is 0 Å². The summed E-state index contributed by atoms with van der Waals surface area (Å²) in [6.45, 7) is 5.95. The molecule has 0 spiro atoms. The molecule has 0 aliphatic heterocycles. The van der Waals surface area contributed by atoms with E-state index >= 15 is 0 Å². The van der Waals surface area contributed by atoms with Gasteiger partial charge in [0.15, 0.2) is 0 Å². The van der Waals surface area contributed by atoms with Gasteiger partial charge in [-0.25, -0.2) is 0 Å². The molecule has 20 heavy (non-hydrogen) atoms. The minimum absolute atomic E-state index is 0.449. The average molecular weight is 280 g/mol. The SMILES string of the molecule is CC(C)CC1CCCC(NCC2(N(C)C)CCCC2)C1. The van der Waals surface area contributed by atoms with E-state index < -0.39 is 0 Å². The Balaban J connectivity index is 1.80. The van der Waals surface area contributed by atoms with Crippen molar-refractivity contribution in [2.75, 3.05) is 20.6 Å². The third kappa shape index (κ3) is 4.21. The molecule has 0 heterocycles. The summed E-state index contributed by atoms with van der Waals surface area (Å²) in [7, 11) is 4.55. The van der Waals surface area contributed by atoms with Gasteiger partial charge >= 0.3 is 0 Å². The predicted molar refractivity (Wildman–Crippen MR) is 88.1 cm³/mol. The fraction of sp³-hybridized carbons (Fsp3) is 1.00. The lowest BCUT2D eigenvalue weighted by Gasteiger charge is -2.39. The average Bonchev–Trinajstić information content (AvgIpc) is 2.86. The first-order valence-electron chi connectivity index (χ1n) is 8.93. The molecule has 2 unspecified atom stereocenters. The molecule has 0 saturated heterocycles. The second-order valence-electron chi connectivity index (χ2n) is 8.07. The van der Waals surface area contributed by atoms with Gasteiger partial charge in [0, 0.05) is 18.1 Å². The topological polar surface area (TPSA) is 15.3 Å². The highest BCUT2D eigenvalue weighted by Crippen LogP contribution is 2.34. The summed E-state index contributed by atoms with van der Waals surface area (Å²) < 4.78 is 0. The number of hydrogen-bond acceptors (Lipinski definition) is 2. The molecule has 2 heteroatoms. The van der Waals surface area contributed by atoms with Gasteiger partial charge in [-0.3, -0.25) is 0 Å². The lowest BCUT2D eigenvalue weighted by atomic mass is 9.81. The Morgan fingerprint density at radius 3 is 2.40 bits per heavy atom. The quantitative estimate of drug-likeness (QED) is 0.789. The van der Waals surface area contributed by atoms with Gasteiger partial charge in [-0.2, -0.15) is 0 Å². The minimum Gasteiger partial charge on any atom is -0.312 e. The molecule has 1 N–H and O–H groups in total. The van der Waals surface area contributed by atoms with Crippen LogP contribution in [0.25, 0.3) is 0 Å². The molecule has 0 aromatic carbocycles. The van der Waals surface area contributed by atoms with Gasteiger partial charge in [-0.15, -0.1) is 0 Å². The zero-order chi connectivity index (χ0) is 14.6. The van der Waals surface area contributed by atoms with Gasteiger partial charge in [-0.1, -0.05) is 39.5 Å². The van der Waals surface area contributed by atoms with Crippen LogP contribution >= 0.6 is 0 Å². The Morgan fingerprint density at radius 2 is 1.80 bits per heavy atom. The molecule has 2 rings (SSSR count). The summed E-state index contributed by atoms with van der Waals surface area (Å²) in [4.78, 5) is 2.49. The highest BCUT2D eigenvalue weighted by molar-refractivity contribution is 4.95. The van der Waals surface area contributed by atoms with E-state index in [1.165, 1.54) is 64.3 Å². The molecular weight excluding hydrogens is 244 g/mol. The van der Waals surface area contributed by atoms with Crippen LogP contribution in [-0.2, 0) is 0 Å². The van der Waals surface area contributed by atoms with E-state index in [4.69, 9.17) is 0 Å². The van der Waals surface area contributed by atoms with E-state index in [-0.39, 0.29) is 0 Å². The molecule has 0 aromatic rings. The molecule has 2 aliphatic rings. The van der Waals surface area contributed by atoms with Crippen LogP contribution in [0.1, 0.15) is 71.6 Å². The van der Waals surface area contributed by atoms with Gasteiger partial charge in [0.25, 0.3) is 0 Å². The molecule has 2 nitrogen and oxygen atoms in total. The fourth-order valence-corrected chi connectivity index (χ4v) is 4.51. The molecule has 0 aromatic heterocycles. The van der Waals surface area contributed by atoms with Crippen molar-refractivity contribution >= 4 is 0 Å². The first kappa shape index (κ1) is 16.3. The lowest BCUT2D eigenvalue weighted by molar-refractivity contribution is 0.140. The number of hydrogen-bond donors (Lipinski definition) is 1. The van der Waals surface area contributed by atoms with Crippen LogP contribution in [0.4, 0.5) is 0 Å². The van der Waals surface area contributed by atoms with E-state index in [0.717, 1.165) is 17.9 Å². The largest absolute Gasteiger partial charge is 0.312 e. The van der Waals surface area contributed by atoms with Crippen LogP contribution in [-0.4, -0.2) is 37.1 Å². The number of likely N-dealkylation sites (N-methyl/N-ethyl adjacent to an activating group) is 1. The Bertz CT molecular complexity index is 279. The van der Waals surface area contributed by atoms with Crippen LogP contribution in [0.3, 0.4) is 0 Å². The normalized spacial score (nSPS) is 30.3. The van der Waals surface area contributed by atoms with Crippen LogP contribution < -0.4 is 5.32 Å². The van der Waals surface area contributed by atoms with E-state index in [0.29, 0.717) is 5.54 Å². The van der Waals surface area contributed by atoms with E-state index in [9.17, 15) is 0 Å². The van der Waals surface area contributed by atoms with Crippen LogP contribution in [0, 0.1) is 11.8 Å². The Hall–Kier alpha value is -0.0800. The first-order valence-corrected chi connectivity index (χ1v) is 8.93. The van der Waals surface area contributed by atoms with E-state index in [1.807, 2.05) is 0 Å². The van der Waals surface area contributed by atoms with Crippen LogP contribution in [0.5, 0.6) is 0 Å². The number of nitrogens with zero attached hydrogens (tertiary/aromatic N) is 1. The lowest BCUT2D eigenvalue weighted by Crippen LogP contribution is -2.52. The molecule has 0 bridgehead atoms. The van der Waals surface area contributed by atoms with E-state index in [2.05, 4.69) is 38.2 Å². The van der Waals surface area contributed by atoms with Gasteiger partial charge in [0.05, 0.1) is 0 Å². The van der Waals surface area contributed by atoms with Crippen molar-refractivity contribution in [2.45, 2.75) is 83.2 Å². The Morgan fingerprint density at radius 1 is 1.10 bits per heavy atom. The Kier molecular flexibility index (Phi) is 5.92. The third-order valence-electron chi connectivity index (χ3n) is 5.79. The molecule has 2 fully saturated rings. The second kappa shape index (κ2) is 7.26.